The molecule has 4 rings (SSSR count). The Balaban J connectivity index is 1.83. The van der Waals surface area contributed by atoms with Crippen molar-refractivity contribution in [2.45, 2.75) is 6.92 Å². The van der Waals surface area contributed by atoms with Gasteiger partial charge < -0.3 is 0 Å². The van der Waals surface area contributed by atoms with Crippen LogP contribution in [0, 0.1) is 6.92 Å². The number of nitrogens with zero attached hydrogens (tertiary/aromatic N) is 5. The summed E-state index contributed by atoms with van der Waals surface area (Å²) in [5, 5.41) is 11.9. The lowest BCUT2D eigenvalue weighted by molar-refractivity contribution is 0.0926. The molecule has 7 heteroatoms. The summed E-state index contributed by atoms with van der Waals surface area (Å²) in [6, 6.07) is 12.3. The molecule has 118 valence electrons. The first-order valence-corrected chi connectivity index (χ1v) is 7.39. The first kappa shape index (κ1) is 14.3. The number of imide groups is 1. The van der Waals surface area contributed by atoms with Gasteiger partial charge in [0.05, 0.1) is 23.9 Å². The van der Waals surface area contributed by atoms with Crippen LogP contribution < -0.4 is 4.90 Å². The number of hydrogen-bond acceptors (Lipinski definition) is 5. The zero-order chi connectivity index (χ0) is 16.8. The summed E-state index contributed by atoms with van der Waals surface area (Å²) in [7, 11) is 1.68. The number of carbonyl (C=O) groups is 2. The summed E-state index contributed by atoms with van der Waals surface area (Å²) >= 11 is 0. The fourth-order valence-corrected chi connectivity index (χ4v) is 2.80. The fraction of sp³-hybridized carbons (Fsp3) is 0.118. The molecule has 24 heavy (non-hydrogen) atoms. The van der Waals surface area contributed by atoms with Crippen LogP contribution >= 0.6 is 0 Å². The topological polar surface area (TPSA) is 81.0 Å². The number of carbonyl (C=O) groups excluding carboxylic acids is 2. The molecule has 1 aliphatic rings. The molecule has 2 amide bonds. The quantitative estimate of drug-likeness (QED) is 0.675. The van der Waals surface area contributed by atoms with Gasteiger partial charge in [0.1, 0.15) is 0 Å². The SMILES string of the molecule is Cc1ccc(-c2nnn(C)n2)cc1N1C(=O)c2ccccc2C1=O. The van der Waals surface area contributed by atoms with E-state index in [9.17, 15) is 9.59 Å². The van der Waals surface area contributed by atoms with Gasteiger partial charge in [0.15, 0.2) is 0 Å². The van der Waals surface area contributed by atoms with Crippen LogP contribution in [0.25, 0.3) is 11.4 Å². The van der Waals surface area contributed by atoms with E-state index in [1.807, 2.05) is 19.1 Å². The molecule has 3 aromatic rings. The Labute approximate surface area is 137 Å². The molecule has 1 aliphatic heterocycles. The summed E-state index contributed by atoms with van der Waals surface area (Å²) in [6.45, 7) is 1.85. The molecule has 0 unspecified atom stereocenters. The van der Waals surface area contributed by atoms with Gasteiger partial charge in [0, 0.05) is 5.56 Å². The standard InChI is InChI=1S/C17H13N5O2/c1-10-7-8-11(15-18-20-21(2)19-15)9-14(10)22-16(23)12-5-3-4-6-13(12)17(22)24/h3-9H,1-2H3. The number of hydrogen-bond donors (Lipinski definition) is 0. The Hall–Kier alpha value is -3.35. The minimum atomic E-state index is -0.317. The van der Waals surface area contributed by atoms with Crippen LogP contribution in [0.3, 0.4) is 0 Å². The molecule has 2 heterocycles. The minimum Gasteiger partial charge on any atom is -0.268 e. The average Bonchev–Trinajstić information content (AvgIpc) is 3.12. The predicted molar refractivity (Wildman–Crippen MR) is 86.6 cm³/mol. The first-order valence-electron chi connectivity index (χ1n) is 7.39. The smallest absolute Gasteiger partial charge is 0.266 e. The Morgan fingerprint density at radius 2 is 1.62 bits per heavy atom. The lowest BCUT2D eigenvalue weighted by Gasteiger charge is -2.17. The maximum Gasteiger partial charge on any atom is 0.266 e. The van der Waals surface area contributed by atoms with Gasteiger partial charge in [-0.15, -0.1) is 10.2 Å². The Kier molecular flexibility index (Phi) is 3.02. The fourth-order valence-electron chi connectivity index (χ4n) is 2.80. The third-order valence-corrected chi connectivity index (χ3v) is 4.01. The number of rotatable bonds is 2. The van der Waals surface area contributed by atoms with Crippen LogP contribution in [0.5, 0.6) is 0 Å². The van der Waals surface area contributed by atoms with Crippen molar-refractivity contribution in [2.24, 2.45) is 7.05 Å². The number of aromatic nitrogens is 4. The second-order valence-corrected chi connectivity index (χ2v) is 5.60. The minimum absolute atomic E-state index is 0.317. The molecular formula is C17H13N5O2. The van der Waals surface area contributed by atoms with Crippen molar-refractivity contribution in [3.05, 3.63) is 59.2 Å². The first-order chi connectivity index (χ1) is 11.6. The van der Waals surface area contributed by atoms with E-state index in [4.69, 9.17) is 0 Å². The molecule has 1 aromatic heterocycles. The van der Waals surface area contributed by atoms with E-state index < -0.39 is 0 Å². The number of anilines is 1. The van der Waals surface area contributed by atoms with Crippen LogP contribution in [-0.4, -0.2) is 32.0 Å². The summed E-state index contributed by atoms with van der Waals surface area (Å²) in [4.78, 5) is 27.9. The highest BCUT2D eigenvalue weighted by atomic mass is 16.2. The number of fused-ring (bicyclic) bond motifs is 1. The largest absolute Gasteiger partial charge is 0.268 e. The average molecular weight is 319 g/mol. The van der Waals surface area contributed by atoms with Gasteiger partial charge in [-0.1, -0.05) is 24.3 Å². The highest BCUT2D eigenvalue weighted by Crippen LogP contribution is 2.32. The second kappa shape index (κ2) is 5.09. The summed E-state index contributed by atoms with van der Waals surface area (Å²) in [5.74, 6) is -0.193. The van der Waals surface area contributed by atoms with Crippen molar-refractivity contribution >= 4 is 17.5 Å². The van der Waals surface area contributed by atoms with Gasteiger partial charge >= 0.3 is 0 Å². The second-order valence-electron chi connectivity index (χ2n) is 5.60. The molecule has 0 saturated carbocycles. The number of tetrazole rings is 1. The predicted octanol–water partition coefficient (Wildman–Crippen LogP) is 1.99. The zero-order valence-corrected chi connectivity index (χ0v) is 13.1. The summed E-state index contributed by atoms with van der Waals surface area (Å²) in [5.41, 5.74) is 2.89. The monoisotopic (exact) mass is 319 g/mol. The summed E-state index contributed by atoms with van der Waals surface area (Å²) in [6.07, 6.45) is 0. The van der Waals surface area contributed by atoms with Gasteiger partial charge in [0.25, 0.3) is 11.8 Å². The highest BCUT2D eigenvalue weighted by Gasteiger charge is 2.37. The van der Waals surface area contributed by atoms with E-state index in [2.05, 4.69) is 15.4 Å². The van der Waals surface area contributed by atoms with Crippen molar-refractivity contribution in [2.75, 3.05) is 4.90 Å². The Bertz CT molecular complexity index is 957. The zero-order valence-electron chi connectivity index (χ0n) is 13.1. The van der Waals surface area contributed by atoms with E-state index >= 15 is 0 Å². The molecule has 0 fully saturated rings. The van der Waals surface area contributed by atoms with E-state index in [1.54, 1.807) is 37.4 Å². The summed E-state index contributed by atoms with van der Waals surface area (Å²) < 4.78 is 0. The van der Waals surface area contributed by atoms with Crippen molar-refractivity contribution in [3.8, 4) is 11.4 Å². The molecule has 2 aromatic carbocycles. The van der Waals surface area contributed by atoms with Crippen LogP contribution in [0.1, 0.15) is 26.3 Å². The molecule has 0 saturated heterocycles. The van der Waals surface area contributed by atoms with Crippen molar-refractivity contribution < 1.29 is 9.59 Å². The van der Waals surface area contributed by atoms with E-state index in [1.165, 1.54) is 9.70 Å². The molecule has 7 nitrogen and oxygen atoms in total. The van der Waals surface area contributed by atoms with Crippen LogP contribution in [0.15, 0.2) is 42.5 Å². The molecule has 0 N–H and O–H groups in total. The Morgan fingerprint density at radius 1 is 0.958 bits per heavy atom. The maximum atomic E-state index is 12.7. The van der Waals surface area contributed by atoms with Crippen molar-refractivity contribution in [1.29, 1.82) is 0 Å². The number of amides is 2. The van der Waals surface area contributed by atoms with Gasteiger partial charge in [-0.05, 0) is 35.9 Å². The normalized spacial score (nSPS) is 13.5. The van der Waals surface area contributed by atoms with Gasteiger partial charge in [-0.25, -0.2) is 4.90 Å². The molecule has 0 atom stereocenters. The lowest BCUT2D eigenvalue weighted by atomic mass is 10.1. The van der Waals surface area contributed by atoms with E-state index in [-0.39, 0.29) is 11.8 Å². The molecular weight excluding hydrogens is 306 g/mol. The van der Waals surface area contributed by atoms with Gasteiger partial charge in [-0.2, -0.15) is 4.80 Å². The van der Waals surface area contributed by atoms with Crippen LogP contribution in [0.2, 0.25) is 0 Å². The maximum absolute atomic E-state index is 12.7. The van der Waals surface area contributed by atoms with Crippen LogP contribution in [-0.2, 0) is 7.05 Å². The lowest BCUT2D eigenvalue weighted by Crippen LogP contribution is -2.30. The molecule has 0 bridgehead atoms. The number of benzene rings is 2. The molecule has 0 radical (unpaired) electrons. The third kappa shape index (κ3) is 2.02. The molecule has 0 spiro atoms. The van der Waals surface area contributed by atoms with Crippen molar-refractivity contribution in [1.82, 2.24) is 20.2 Å². The van der Waals surface area contributed by atoms with E-state index in [0.717, 1.165) is 5.56 Å². The molecule has 0 aliphatic carbocycles. The van der Waals surface area contributed by atoms with E-state index in [0.29, 0.717) is 28.2 Å². The van der Waals surface area contributed by atoms with Crippen molar-refractivity contribution in [3.63, 3.8) is 0 Å². The van der Waals surface area contributed by atoms with Gasteiger partial charge in [-0.3, -0.25) is 9.59 Å². The van der Waals surface area contributed by atoms with Gasteiger partial charge in [0.2, 0.25) is 5.82 Å². The number of aryl methyl sites for hydroxylation is 2. The van der Waals surface area contributed by atoms with Crippen LogP contribution in [0.4, 0.5) is 5.69 Å². The Morgan fingerprint density at radius 3 is 2.21 bits per heavy atom. The third-order valence-electron chi connectivity index (χ3n) is 4.01. The highest BCUT2D eigenvalue weighted by molar-refractivity contribution is 6.34.